The van der Waals surface area contributed by atoms with Crippen LogP contribution in [0.25, 0.3) is 0 Å². The number of carboxylic acid groups (broad SMARTS) is 1. The second kappa shape index (κ2) is 7.89. The Bertz CT molecular complexity index is 623. The third-order valence-electron chi connectivity index (χ3n) is 6.98. The predicted octanol–water partition coefficient (Wildman–Crippen LogP) is 1.69. The highest BCUT2D eigenvalue weighted by molar-refractivity contribution is 5.90. The molecule has 0 aromatic carbocycles. The minimum Gasteiger partial charge on any atom is -0.479 e. The Hall–Kier alpha value is -1.83. The van der Waals surface area contributed by atoms with Crippen molar-refractivity contribution < 1.29 is 24.2 Å². The van der Waals surface area contributed by atoms with Gasteiger partial charge in [-0.05, 0) is 32.6 Å². The van der Waals surface area contributed by atoms with Crippen molar-refractivity contribution in [2.45, 2.75) is 64.5 Å². The molecule has 3 fully saturated rings. The van der Waals surface area contributed by atoms with E-state index in [1.807, 2.05) is 30.6 Å². The van der Waals surface area contributed by atoms with Gasteiger partial charge in [0.2, 0.25) is 5.91 Å². The number of hydrogen-bond acceptors (Lipinski definition) is 4. The zero-order valence-electron chi connectivity index (χ0n) is 17.2. The molecule has 28 heavy (non-hydrogen) atoms. The number of piperidine rings is 1. The zero-order chi connectivity index (χ0) is 20.5. The molecule has 3 rings (SSSR count). The Labute approximate surface area is 166 Å². The maximum atomic E-state index is 12.9. The summed E-state index contributed by atoms with van der Waals surface area (Å²) < 4.78 is 5.65. The lowest BCUT2D eigenvalue weighted by atomic mass is 9.54. The molecule has 3 aliphatic rings. The molecule has 0 radical (unpaired) electrons. The molecule has 0 spiro atoms. The molecule has 2 aliphatic heterocycles. The van der Waals surface area contributed by atoms with E-state index in [-0.39, 0.29) is 30.4 Å². The van der Waals surface area contributed by atoms with Crippen molar-refractivity contribution in [1.82, 2.24) is 15.1 Å². The third kappa shape index (κ3) is 3.47. The van der Waals surface area contributed by atoms with Crippen molar-refractivity contribution in [3.05, 3.63) is 0 Å². The molecule has 2 heterocycles. The van der Waals surface area contributed by atoms with Gasteiger partial charge in [0.15, 0.2) is 0 Å². The van der Waals surface area contributed by atoms with Crippen molar-refractivity contribution in [2.75, 3.05) is 32.8 Å². The number of carbonyl (C=O) groups excluding carboxylic acids is 2. The molecule has 2 saturated heterocycles. The van der Waals surface area contributed by atoms with Crippen LogP contribution in [0.15, 0.2) is 0 Å². The fourth-order valence-electron chi connectivity index (χ4n) is 4.79. The molecule has 2 N–H and O–H groups in total. The lowest BCUT2D eigenvalue weighted by Crippen LogP contribution is -2.76. The fourth-order valence-corrected chi connectivity index (χ4v) is 4.79. The van der Waals surface area contributed by atoms with E-state index in [0.29, 0.717) is 32.5 Å². The van der Waals surface area contributed by atoms with Crippen LogP contribution in [0, 0.1) is 11.3 Å². The van der Waals surface area contributed by atoms with Crippen LogP contribution in [0.5, 0.6) is 0 Å². The van der Waals surface area contributed by atoms with E-state index in [9.17, 15) is 19.5 Å². The number of amides is 3. The molecule has 158 valence electrons. The number of nitrogens with zero attached hydrogens (tertiary/aromatic N) is 2. The molecule has 3 amide bonds. The van der Waals surface area contributed by atoms with Gasteiger partial charge in [-0.25, -0.2) is 9.59 Å². The van der Waals surface area contributed by atoms with E-state index in [1.54, 1.807) is 0 Å². The summed E-state index contributed by atoms with van der Waals surface area (Å²) in [6.45, 7) is 8.78. The fraction of sp³-hybridized carbons (Fsp3) is 0.850. The van der Waals surface area contributed by atoms with Gasteiger partial charge in [-0.1, -0.05) is 13.8 Å². The Morgan fingerprint density at radius 3 is 2.14 bits per heavy atom. The Morgan fingerprint density at radius 1 is 1.07 bits per heavy atom. The van der Waals surface area contributed by atoms with Gasteiger partial charge < -0.3 is 25.0 Å². The first-order valence-electron chi connectivity index (χ1n) is 10.4. The Morgan fingerprint density at radius 2 is 1.64 bits per heavy atom. The van der Waals surface area contributed by atoms with Crippen molar-refractivity contribution >= 4 is 17.9 Å². The number of ether oxygens (including phenoxy) is 1. The van der Waals surface area contributed by atoms with Crippen LogP contribution in [0.3, 0.4) is 0 Å². The van der Waals surface area contributed by atoms with Crippen molar-refractivity contribution in [2.24, 2.45) is 11.3 Å². The maximum Gasteiger partial charge on any atom is 0.330 e. The Kier molecular flexibility index (Phi) is 5.89. The van der Waals surface area contributed by atoms with E-state index in [4.69, 9.17) is 4.74 Å². The standard InChI is InChI=1S/C20H33N3O5/c1-4-28-15-13-20(17(25)26,19(15,2)3)21-16(24)14-7-11-23(12-8-14)18(27)22-9-5-6-10-22/h14-15H,4-13H2,1-3H3,(H,21,24)(H,25,26). The van der Waals surface area contributed by atoms with E-state index in [0.717, 1.165) is 25.9 Å². The monoisotopic (exact) mass is 395 g/mol. The molecule has 0 aromatic rings. The summed E-state index contributed by atoms with van der Waals surface area (Å²) in [6, 6.07) is 0.0676. The van der Waals surface area contributed by atoms with Crippen molar-refractivity contribution in [3.63, 3.8) is 0 Å². The van der Waals surface area contributed by atoms with Crippen LogP contribution in [-0.2, 0) is 14.3 Å². The molecule has 1 aliphatic carbocycles. The van der Waals surface area contributed by atoms with Gasteiger partial charge in [-0.3, -0.25) is 4.79 Å². The molecule has 8 nitrogen and oxygen atoms in total. The zero-order valence-corrected chi connectivity index (χ0v) is 17.2. The molecule has 0 bridgehead atoms. The molecule has 0 aromatic heterocycles. The van der Waals surface area contributed by atoms with Crippen molar-refractivity contribution in [3.8, 4) is 0 Å². The van der Waals surface area contributed by atoms with Crippen LogP contribution in [-0.4, -0.2) is 77.2 Å². The first kappa shape index (κ1) is 20.9. The van der Waals surface area contributed by atoms with E-state index >= 15 is 0 Å². The van der Waals surface area contributed by atoms with Gasteiger partial charge in [0.25, 0.3) is 0 Å². The quantitative estimate of drug-likeness (QED) is 0.738. The number of carbonyl (C=O) groups is 3. The van der Waals surface area contributed by atoms with E-state index < -0.39 is 16.9 Å². The predicted molar refractivity (Wildman–Crippen MR) is 103 cm³/mol. The number of likely N-dealkylation sites (tertiary alicyclic amines) is 2. The van der Waals surface area contributed by atoms with Gasteiger partial charge in [0.1, 0.15) is 5.54 Å². The summed E-state index contributed by atoms with van der Waals surface area (Å²) in [5, 5.41) is 12.7. The number of carboxylic acids is 1. The summed E-state index contributed by atoms with van der Waals surface area (Å²) in [5.41, 5.74) is -1.98. The summed E-state index contributed by atoms with van der Waals surface area (Å²) in [4.78, 5) is 41.1. The second-order valence-electron chi connectivity index (χ2n) is 8.81. The van der Waals surface area contributed by atoms with Crippen LogP contribution in [0.2, 0.25) is 0 Å². The van der Waals surface area contributed by atoms with Gasteiger partial charge in [-0.15, -0.1) is 0 Å². The highest BCUT2D eigenvalue weighted by Gasteiger charge is 2.66. The lowest BCUT2D eigenvalue weighted by Gasteiger charge is -2.58. The van der Waals surface area contributed by atoms with Gasteiger partial charge in [0.05, 0.1) is 6.10 Å². The smallest absolute Gasteiger partial charge is 0.330 e. The van der Waals surface area contributed by atoms with Gasteiger partial charge >= 0.3 is 12.0 Å². The number of hydrogen-bond donors (Lipinski definition) is 2. The first-order chi connectivity index (χ1) is 13.2. The molecule has 2 unspecified atom stereocenters. The SMILES string of the molecule is CCOC1CC(NC(=O)C2CCN(C(=O)N3CCCC3)CC2)(C(=O)O)C1(C)C. The summed E-state index contributed by atoms with van der Waals surface area (Å²) in [7, 11) is 0. The largest absolute Gasteiger partial charge is 0.479 e. The van der Waals surface area contributed by atoms with Crippen molar-refractivity contribution in [1.29, 1.82) is 0 Å². The summed E-state index contributed by atoms with van der Waals surface area (Å²) in [5.74, 6) is -1.50. The molecule has 2 atom stereocenters. The molecular weight excluding hydrogens is 362 g/mol. The molecule has 1 saturated carbocycles. The molecule has 8 heteroatoms. The highest BCUT2D eigenvalue weighted by Crippen LogP contribution is 2.51. The summed E-state index contributed by atoms with van der Waals surface area (Å²) in [6.07, 6.45) is 3.34. The van der Waals surface area contributed by atoms with E-state index in [2.05, 4.69) is 5.32 Å². The number of aliphatic carboxylic acids is 1. The van der Waals surface area contributed by atoms with Gasteiger partial charge in [0, 0.05) is 50.5 Å². The number of urea groups is 1. The van der Waals surface area contributed by atoms with Gasteiger partial charge in [-0.2, -0.15) is 0 Å². The highest BCUT2D eigenvalue weighted by atomic mass is 16.5. The lowest BCUT2D eigenvalue weighted by molar-refractivity contribution is -0.195. The average molecular weight is 396 g/mol. The average Bonchev–Trinajstić information content (AvgIpc) is 3.21. The van der Waals surface area contributed by atoms with Crippen LogP contribution in [0.4, 0.5) is 4.79 Å². The van der Waals surface area contributed by atoms with Crippen LogP contribution in [0.1, 0.15) is 52.9 Å². The Balaban J connectivity index is 1.57. The first-order valence-corrected chi connectivity index (χ1v) is 10.4. The minimum absolute atomic E-state index is 0.0676. The van der Waals surface area contributed by atoms with E-state index in [1.165, 1.54) is 0 Å². The number of nitrogens with one attached hydrogen (secondary N) is 1. The normalized spacial score (nSPS) is 30.0. The minimum atomic E-state index is -1.30. The third-order valence-corrected chi connectivity index (χ3v) is 6.98. The maximum absolute atomic E-state index is 12.9. The summed E-state index contributed by atoms with van der Waals surface area (Å²) >= 11 is 0. The van der Waals surface area contributed by atoms with Crippen LogP contribution >= 0.6 is 0 Å². The topological polar surface area (TPSA) is 99.2 Å². The second-order valence-corrected chi connectivity index (χ2v) is 8.81. The van der Waals surface area contributed by atoms with Crippen LogP contribution < -0.4 is 5.32 Å². The number of rotatable bonds is 5. The molecular formula is C20H33N3O5.